The summed E-state index contributed by atoms with van der Waals surface area (Å²) in [6, 6.07) is 11.0. The summed E-state index contributed by atoms with van der Waals surface area (Å²) in [5.41, 5.74) is 5.04. The summed E-state index contributed by atoms with van der Waals surface area (Å²) >= 11 is 0. The molecule has 3 heterocycles. The van der Waals surface area contributed by atoms with E-state index in [2.05, 4.69) is 24.6 Å². The predicted molar refractivity (Wildman–Crippen MR) is 142 cm³/mol. The third-order valence-corrected chi connectivity index (χ3v) is 7.56. The van der Waals surface area contributed by atoms with Gasteiger partial charge in [-0.2, -0.15) is 8.42 Å². The summed E-state index contributed by atoms with van der Waals surface area (Å²) in [7, 11) is -5.19. The third kappa shape index (κ3) is 3.94. The van der Waals surface area contributed by atoms with Crippen LogP contribution in [-0.4, -0.2) is 23.0 Å². The standard InChI is InChI=1S/C28H22FN3O4S/c1-3-17-8-9-21-24(11-17)31-28-26(21)27(33)23-10-16(2)22(13-25(23)32(28)19-6-4-5-7-19)18-12-20(15-30-14-18)36-37(29,34)35/h1,8-15,19,31H,4-7H2,2H3. The number of terminal acetylenes is 1. The third-order valence-electron chi connectivity index (χ3n) is 7.17. The van der Waals surface area contributed by atoms with Gasteiger partial charge in [0.05, 0.1) is 17.1 Å². The number of halogens is 1. The van der Waals surface area contributed by atoms with Gasteiger partial charge in [-0.05, 0) is 61.2 Å². The average Bonchev–Trinajstić information content (AvgIpc) is 3.51. The first-order chi connectivity index (χ1) is 17.7. The number of benzene rings is 2. The fraction of sp³-hybridized carbons (Fsp3) is 0.214. The van der Waals surface area contributed by atoms with Crippen LogP contribution in [0.15, 0.2) is 53.6 Å². The van der Waals surface area contributed by atoms with Gasteiger partial charge in [0.15, 0.2) is 11.2 Å². The summed E-state index contributed by atoms with van der Waals surface area (Å²) < 4.78 is 41.7. The monoisotopic (exact) mass is 515 g/mol. The van der Waals surface area contributed by atoms with Crippen molar-refractivity contribution in [3.8, 4) is 29.2 Å². The first-order valence-corrected chi connectivity index (χ1v) is 13.2. The Labute approximate surface area is 212 Å². The van der Waals surface area contributed by atoms with Crippen LogP contribution in [0.3, 0.4) is 0 Å². The van der Waals surface area contributed by atoms with Gasteiger partial charge in [0.25, 0.3) is 0 Å². The zero-order valence-electron chi connectivity index (χ0n) is 19.9. The van der Waals surface area contributed by atoms with Crippen molar-refractivity contribution in [1.29, 1.82) is 0 Å². The van der Waals surface area contributed by atoms with Crippen LogP contribution in [0.25, 0.3) is 44.0 Å². The van der Waals surface area contributed by atoms with E-state index in [1.165, 1.54) is 6.07 Å². The molecule has 5 aromatic rings. The minimum absolute atomic E-state index is 0.0765. The average molecular weight is 516 g/mol. The molecule has 0 unspecified atom stereocenters. The van der Waals surface area contributed by atoms with Gasteiger partial charge in [-0.15, -0.1) is 6.42 Å². The van der Waals surface area contributed by atoms with Crippen LogP contribution in [0.1, 0.15) is 42.9 Å². The van der Waals surface area contributed by atoms with Crippen LogP contribution in [0.4, 0.5) is 3.89 Å². The molecule has 6 rings (SSSR count). The molecule has 0 atom stereocenters. The van der Waals surface area contributed by atoms with Gasteiger partial charge in [-0.25, -0.2) is 0 Å². The second-order valence-corrected chi connectivity index (χ2v) is 10.4. The van der Waals surface area contributed by atoms with E-state index < -0.39 is 10.5 Å². The Morgan fingerprint density at radius 3 is 2.65 bits per heavy atom. The minimum Gasteiger partial charge on any atom is -0.357 e. The van der Waals surface area contributed by atoms with E-state index in [1.54, 1.807) is 6.20 Å². The van der Waals surface area contributed by atoms with Crippen molar-refractivity contribution in [2.75, 3.05) is 0 Å². The Kier molecular flexibility index (Phi) is 5.31. The van der Waals surface area contributed by atoms with Gasteiger partial charge in [0.1, 0.15) is 5.65 Å². The van der Waals surface area contributed by atoms with Gasteiger partial charge in [0.2, 0.25) is 0 Å². The second-order valence-electron chi connectivity index (χ2n) is 9.46. The molecule has 0 amide bonds. The van der Waals surface area contributed by atoms with Crippen LogP contribution in [0.2, 0.25) is 0 Å². The first-order valence-electron chi connectivity index (χ1n) is 11.9. The fourth-order valence-corrected chi connectivity index (χ4v) is 5.92. The number of hydrogen-bond acceptors (Lipinski definition) is 5. The number of pyridine rings is 2. The molecule has 0 spiro atoms. The second kappa shape index (κ2) is 8.46. The number of aryl methyl sites for hydroxylation is 1. The van der Waals surface area contributed by atoms with Gasteiger partial charge < -0.3 is 13.7 Å². The molecule has 0 saturated heterocycles. The molecule has 1 aliphatic carbocycles. The van der Waals surface area contributed by atoms with Crippen molar-refractivity contribution in [1.82, 2.24) is 14.5 Å². The number of nitrogens with one attached hydrogen (secondary N) is 1. The molecule has 2 aromatic carbocycles. The number of H-pyrrole nitrogens is 1. The van der Waals surface area contributed by atoms with Crippen molar-refractivity contribution in [3.63, 3.8) is 0 Å². The topological polar surface area (TPSA) is 94.1 Å². The fourth-order valence-electron chi connectivity index (χ4n) is 5.60. The molecule has 0 bridgehead atoms. The van der Waals surface area contributed by atoms with Crippen molar-refractivity contribution < 1.29 is 16.5 Å². The maximum atomic E-state index is 13.9. The SMILES string of the molecule is C#Cc1ccc2c(c1)[nH]c1c2c(=O)c2cc(C)c(-c3cncc(OS(=O)(=O)F)c3)cc2n1C1CCCC1. The van der Waals surface area contributed by atoms with E-state index in [-0.39, 0.29) is 17.2 Å². The normalized spacial score (nSPS) is 14.5. The van der Waals surface area contributed by atoms with Gasteiger partial charge in [-0.3, -0.25) is 9.78 Å². The molecule has 9 heteroatoms. The number of nitrogens with zero attached hydrogens (tertiary/aromatic N) is 2. The molecule has 7 nitrogen and oxygen atoms in total. The summed E-state index contributed by atoms with van der Waals surface area (Å²) in [4.78, 5) is 21.4. The van der Waals surface area contributed by atoms with Gasteiger partial charge in [0, 0.05) is 39.7 Å². The Hall–Kier alpha value is -4.16. The lowest BCUT2D eigenvalue weighted by Gasteiger charge is -2.21. The number of fused-ring (bicyclic) bond motifs is 4. The Morgan fingerprint density at radius 2 is 1.92 bits per heavy atom. The highest BCUT2D eigenvalue weighted by Crippen LogP contribution is 2.38. The highest BCUT2D eigenvalue weighted by Gasteiger charge is 2.25. The largest absolute Gasteiger partial charge is 0.488 e. The zero-order chi connectivity index (χ0) is 25.9. The van der Waals surface area contributed by atoms with Crippen LogP contribution in [0, 0.1) is 19.3 Å². The number of aromatic amines is 1. The van der Waals surface area contributed by atoms with Crippen LogP contribution in [0.5, 0.6) is 5.75 Å². The van der Waals surface area contributed by atoms with E-state index in [1.807, 2.05) is 37.3 Å². The lowest BCUT2D eigenvalue weighted by Crippen LogP contribution is -2.15. The van der Waals surface area contributed by atoms with Gasteiger partial charge >= 0.3 is 10.5 Å². The summed E-state index contributed by atoms with van der Waals surface area (Å²) in [6.45, 7) is 1.87. The zero-order valence-corrected chi connectivity index (χ0v) is 20.7. The van der Waals surface area contributed by atoms with Crippen molar-refractivity contribution in [3.05, 3.63) is 70.1 Å². The number of aromatic nitrogens is 3. The quantitative estimate of drug-likeness (QED) is 0.245. The summed E-state index contributed by atoms with van der Waals surface area (Å²) in [5, 5.41) is 2.06. The summed E-state index contributed by atoms with van der Waals surface area (Å²) in [5.74, 6) is 2.42. The van der Waals surface area contributed by atoms with Gasteiger partial charge in [-0.1, -0.05) is 28.7 Å². The molecular formula is C28H22FN3O4S. The number of hydrogen-bond donors (Lipinski definition) is 1. The lowest BCUT2D eigenvalue weighted by molar-refractivity contribution is 0.439. The molecular weight excluding hydrogens is 493 g/mol. The molecule has 37 heavy (non-hydrogen) atoms. The minimum atomic E-state index is -5.19. The van der Waals surface area contributed by atoms with Crippen LogP contribution >= 0.6 is 0 Å². The Bertz CT molecular complexity index is 1940. The van der Waals surface area contributed by atoms with E-state index >= 15 is 0 Å². The summed E-state index contributed by atoms with van der Waals surface area (Å²) in [6.07, 6.45) is 12.5. The van der Waals surface area contributed by atoms with E-state index in [9.17, 15) is 17.1 Å². The Morgan fingerprint density at radius 1 is 1.14 bits per heavy atom. The van der Waals surface area contributed by atoms with E-state index in [0.717, 1.165) is 70.6 Å². The van der Waals surface area contributed by atoms with Crippen molar-refractivity contribution in [2.45, 2.75) is 38.6 Å². The van der Waals surface area contributed by atoms with E-state index in [4.69, 9.17) is 6.42 Å². The number of rotatable bonds is 4. The maximum Gasteiger partial charge on any atom is 0.488 e. The molecule has 1 aliphatic rings. The highest BCUT2D eigenvalue weighted by atomic mass is 32.3. The maximum absolute atomic E-state index is 13.9. The molecule has 1 saturated carbocycles. The molecule has 0 aliphatic heterocycles. The van der Waals surface area contributed by atoms with Crippen LogP contribution < -0.4 is 9.61 Å². The molecule has 1 fully saturated rings. The Balaban J connectivity index is 1.68. The highest BCUT2D eigenvalue weighted by molar-refractivity contribution is 7.81. The molecule has 3 aromatic heterocycles. The lowest BCUT2D eigenvalue weighted by atomic mass is 9.97. The van der Waals surface area contributed by atoms with E-state index in [0.29, 0.717) is 16.3 Å². The molecule has 1 N–H and O–H groups in total. The predicted octanol–water partition coefficient (Wildman–Crippen LogP) is 5.70. The first kappa shape index (κ1) is 23.3. The van der Waals surface area contributed by atoms with Crippen molar-refractivity contribution >= 4 is 43.3 Å². The molecule has 0 radical (unpaired) electrons. The van der Waals surface area contributed by atoms with Crippen LogP contribution in [-0.2, 0) is 10.5 Å². The molecule has 186 valence electrons. The smallest absolute Gasteiger partial charge is 0.357 e. The van der Waals surface area contributed by atoms with Crippen molar-refractivity contribution in [2.24, 2.45) is 0 Å².